The molecule has 3 rings (SSSR count). The highest BCUT2D eigenvalue weighted by atomic mass is 16.6. The van der Waals surface area contributed by atoms with Crippen molar-refractivity contribution in [1.82, 2.24) is 4.90 Å². The van der Waals surface area contributed by atoms with Gasteiger partial charge < -0.3 is 19.3 Å². The largest absolute Gasteiger partial charge is 0.486 e. The van der Waals surface area contributed by atoms with Crippen LogP contribution >= 0.6 is 0 Å². The molecule has 1 fully saturated rings. The Morgan fingerprint density at radius 2 is 2.00 bits per heavy atom. The van der Waals surface area contributed by atoms with Crippen molar-refractivity contribution in [1.29, 1.82) is 0 Å². The number of piperazine rings is 1. The number of likely N-dealkylation sites (N-methyl/N-ethyl adjacent to an activating group) is 1. The molecule has 0 aromatic heterocycles. The molecule has 0 bridgehead atoms. The fourth-order valence-corrected chi connectivity index (χ4v) is 2.57. The van der Waals surface area contributed by atoms with Gasteiger partial charge in [-0.05, 0) is 26.1 Å². The molecule has 0 N–H and O–H groups in total. The van der Waals surface area contributed by atoms with Gasteiger partial charge >= 0.3 is 0 Å². The van der Waals surface area contributed by atoms with Gasteiger partial charge in [0.2, 0.25) is 0 Å². The van der Waals surface area contributed by atoms with E-state index < -0.39 is 0 Å². The normalized spacial score (nSPS) is 24.1. The Hall–Kier alpha value is -1.42. The van der Waals surface area contributed by atoms with Crippen LogP contribution in [-0.4, -0.2) is 50.8 Å². The Balaban J connectivity index is 1.88. The number of rotatable bonds is 1. The van der Waals surface area contributed by atoms with Crippen molar-refractivity contribution in [2.24, 2.45) is 0 Å². The zero-order valence-electron chi connectivity index (χ0n) is 11.1. The van der Waals surface area contributed by atoms with E-state index >= 15 is 0 Å². The molecule has 0 spiro atoms. The van der Waals surface area contributed by atoms with Gasteiger partial charge in [-0.1, -0.05) is 6.07 Å². The van der Waals surface area contributed by atoms with Gasteiger partial charge in [-0.2, -0.15) is 0 Å². The van der Waals surface area contributed by atoms with Crippen LogP contribution in [0.5, 0.6) is 11.5 Å². The second-order valence-electron chi connectivity index (χ2n) is 5.08. The number of benzene rings is 1. The predicted octanol–water partition coefficient (Wildman–Crippen LogP) is 1.60. The summed E-state index contributed by atoms with van der Waals surface area (Å²) in [4.78, 5) is 4.79. The lowest BCUT2D eigenvalue weighted by Gasteiger charge is -2.40. The molecular weight excluding hydrogens is 228 g/mol. The summed E-state index contributed by atoms with van der Waals surface area (Å²) in [5.74, 6) is 1.80. The van der Waals surface area contributed by atoms with E-state index in [2.05, 4.69) is 29.8 Å². The SMILES string of the molecule is CC1CN(c2cccc3c2OCCO3)CCN1C. The Kier molecular flexibility index (Phi) is 3.04. The number of fused-ring (bicyclic) bond motifs is 1. The van der Waals surface area contributed by atoms with Crippen LogP contribution < -0.4 is 14.4 Å². The third-order valence-electron chi connectivity index (χ3n) is 3.85. The van der Waals surface area contributed by atoms with Gasteiger partial charge in [-0.3, -0.25) is 0 Å². The molecule has 2 heterocycles. The Morgan fingerprint density at radius 3 is 2.83 bits per heavy atom. The topological polar surface area (TPSA) is 24.9 Å². The molecule has 4 heteroatoms. The van der Waals surface area contributed by atoms with Gasteiger partial charge in [0, 0.05) is 25.7 Å². The summed E-state index contributed by atoms with van der Waals surface area (Å²) in [6, 6.07) is 6.73. The maximum absolute atomic E-state index is 5.79. The summed E-state index contributed by atoms with van der Waals surface area (Å²) < 4.78 is 11.4. The van der Waals surface area contributed by atoms with Crippen molar-refractivity contribution in [2.45, 2.75) is 13.0 Å². The first-order valence-corrected chi connectivity index (χ1v) is 6.59. The second kappa shape index (κ2) is 4.69. The Labute approximate surface area is 108 Å². The first-order chi connectivity index (χ1) is 8.75. The van der Waals surface area contributed by atoms with Crippen molar-refractivity contribution in [3.63, 3.8) is 0 Å². The molecule has 2 aliphatic rings. The second-order valence-corrected chi connectivity index (χ2v) is 5.08. The monoisotopic (exact) mass is 248 g/mol. The molecule has 1 saturated heterocycles. The molecule has 1 aromatic rings. The number of hydrogen-bond acceptors (Lipinski definition) is 4. The zero-order valence-corrected chi connectivity index (χ0v) is 11.1. The van der Waals surface area contributed by atoms with Crippen LogP contribution in [0.25, 0.3) is 0 Å². The predicted molar refractivity (Wildman–Crippen MR) is 71.7 cm³/mol. The molecule has 0 saturated carbocycles. The standard InChI is InChI=1S/C14H20N2O2/c1-11-10-16(7-6-15(11)2)12-4-3-5-13-14(12)18-9-8-17-13/h3-5,11H,6-10H2,1-2H3. The molecule has 18 heavy (non-hydrogen) atoms. The molecule has 1 atom stereocenters. The molecule has 2 aliphatic heterocycles. The fraction of sp³-hybridized carbons (Fsp3) is 0.571. The maximum Gasteiger partial charge on any atom is 0.184 e. The smallest absolute Gasteiger partial charge is 0.184 e. The maximum atomic E-state index is 5.79. The van der Waals surface area contributed by atoms with Crippen molar-refractivity contribution in [2.75, 3.05) is 44.8 Å². The van der Waals surface area contributed by atoms with Gasteiger partial charge in [-0.15, -0.1) is 0 Å². The van der Waals surface area contributed by atoms with Crippen LogP contribution in [0.2, 0.25) is 0 Å². The van der Waals surface area contributed by atoms with Crippen LogP contribution in [-0.2, 0) is 0 Å². The Bertz CT molecular complexity index is 436. The minimum Gasteiger partial charge on any atom is -0.486 e. The van der Waals surface area contributed by atoms with E-state index in [4.69, 9.17) is 9.47 Å². The van der Waals surface area contributed by atoms with E-state index in [1.54, 1.807) is 0 Å². The van der Waals surface area contributed by atoms with Crippen LogP contribution in [0.1, 0.15) is 6.92 Å². The number of ether oxygens (including phenoxy) is 2. The van der Waals surface area contributed by atoms with Crippen LogP contribution in [0.4, 0.5) is 5.69 Å². The minimum atomic E-state index is 0.569. The van der Waals surface area contributed by atoms with E-state index in [-0.39, 0.29) is 0 Å². The van der Waals surface area contributed by atoms with Gasteiger partial charge in [-0.25, -0.2) is 0 Å². The lowest BCUT2D eigenvalue weighted by atomic mass is 10.1. The summed E-state index contributed by atoms with van der Waals surface area (Å²) in [7, 11) is 2.18. The number of anilines is 1. The Morgan fingerprint density at radius 1 is 1.17 bits per heavy atom. The van der Waals surface area contributed by atoms with E-state index in [9.17, 15) is 0 Å². The van der Waals surface area contributed by atoms with Crippen LogP contribution in [0, 0.1) is 0 Å². The highest BCUT2D eigenvalue weighted by molar-refractivity contribution is 5.65. The fourth-order valence-electron chi connectivity index (χ4n) is 2.57. The van der Waals surface area contributed by atoms with E-state index in [0.717, 1.165) is 31.1 Å². The first kappa shape index (κ1) is 11.7. The van der Waals surface area contributed by atoms with Crippen molar-refractivity contribution >= 4 is 5.69 Å². The summed E-state index contributed by atoms with van der Waals surface area (Å²) in [6.45, 7) is 6.73. The molecule has 98 valence electrons. The molecular formula is C14H20N2O2. The minimum absolute atomic E-state index is 0.569. The summed E-state index contributed by atoms with van der Waals surface area (Å²) in [6.07, 6.45) is 0. The van der Waals surface area contributed by atoms with Crippen LogP contribution in [0.3, 0.4) is 0 Å². The number of para-hydroxylation sites is 1. The lowest BCUT2D eigenvalue weighted by molar-refractivity contribution is 0.171. The van der Waals surface area contributed by atoms with Gasteiger partial charge in [0.05, 0.1) is 5.69 Å². The number of hydrogen-bond donors (Lipinski definition) is 0. The first-order valence-electron chi connectivity index (χ1n) is 6.59. The average molecular weight is 248 g/mol. The van der Waals surface area contributed by atoms with Gasteiger partial charge in [0.1, 0.15) is 13.2 Å². The molecule has 1 unspecified atom stereocenters. The van der Waals surface area contributed by atoms with E-state index in [1.807, 2.05) is 12.1 Å². The molecule has 4 nitrogen and oxygen atoms in total. The zero-order chi connectivity index (χ0) is 12.5. The highest BCUT2D eigenvalue weighted by Gasteiger charge is 2.25. The molecule has 1 aromatic carbocycles. The van der Waals surface area contributed by atoms with Gasteiger partial charge in [0.15, 0.2) is 11.5 Å². The van der Waals surface area contributed by atoms with Crippen molar-refractivity contribution in [3.8, 4) is 11.5 Å². The van der Waals surface area contributed by atoms with Crippen molar-refractivity contribution < 1.29 is 9.47 Å². The summed E-state index contributed by atoms with van der Waals surface area (Å²) in [5.41, 5.74) is 1.17. The van der Waals surface area contributed by atoms with Crippen molar-refractivity contribution in [3.05, 3.63) is 18.2 Å². The van der Waals surface area contributed by atoms with E-state index in [0.29, 0.717) is 19.3 Å². The molecule has 0 radical (unpaired) electrons. The average Bonchev–Trinajstić information content (AvgIpc) is 2.41. The summed E-state index contributed by atoms with van der Waals surface area (Å²) in [5, 5.41) is 0. The van der Waals surface area contributed by atoms with E-state index in [1.165, 1.54) is 5.69 Å². The highest BCUT2D eigenvalue weighted by Crippen LogP contribution is 2.39. The number of nitrogens with zero attached hydrogens (tertiary/aromatic N) is 2. The van der Waals surface area contributed by atoms with Gasteiger partial charge in [0.25, 0.3) is 0 Å². The van der Waals surface area contributed by atoms with Crippen LogP contribution in [0.15, 0.2) is 18.2 Å². The summed E-state index contributed by atoms with van der Waals surface area (Å²) >= 11 is 0. The third kappa shape index (κ3) is 2.01. The molecule has 0 amide bonds. The molecule has 0 aliphatic carbocycles. The third-order valence-corrected chi connectivity index (χ3v) is 3.85. The lowest BCUT2D eigenvalue weighted by Crippen LogP contribution is -2.50. The quantitative estimate of drug-likeness (QED) is 0.753.